The number of rotatable bonds is 3. The van der Waals surface area contributed by atoms with Crippen LogP contribution in [0.25, 0.3) is 0 Å². The maximum atomic E-state index is 12.2. The maximum absolute atomic E-state index is 12.2. The molecule has 0 radical (unpaired) electrons. The molecule has 2 fully saturated rings. The van der Waals surface area contributed by atoms with Crippen LogP contribution in [0, 0.1) is 5.92 Å². The van der Waals surface area contributed by atoms with E-state index in [2.05, 4.69) is 33.9 Å². The molecule has 1 amide bonds. The van der Waals surface area contributed by atoms with Crippen molar-refractivity contribution in [1.82, 2.24) is 14.8 Å². The summed E-state index contributed by atoms with van der Waals surface area (Å²) in [5.74, 6) is 2.36. The van der Waals surface area contributed by atoms with Crippen LogP contribution in [0.2, 0.25) is 0 Å². The Bertz CT molecular complexity index is 727. The number of nitrogens with zero attached hydrogens (tertiary/aromatic N) is 5. The molecule has 0 unspecified atom stereocenters. The average Bonchev–Trinajstić information content (AvgIpc) is 2.72. The van der Waals surface area contributed by atoms with Crippen LogP contribution in [-0.4, -0.2) is 71.7 Å². The van der Waals surface area contributed by atoms with Crippen molar-refractivity contribution in [2.45, 2.75) is 52.7 Å². The summed E-state index contributed by atoms with van der Waals surface area (Å²) >= 11 is 0. The van der Waals surface area contributed by atoms with E-state index >= 15 is 0 Å². The summed E-state index contributed by atoms with van der Waals surface area (Å²) in [6, 6.07) is 4.16. The van der Waals surface area contributed by atoms with E-state index in [4.69, 9.17) is 10.5 Å². The first-order valence-electron chi connectivity index (χ1n) is 10.9. The molecule has 166 valence electrons. The van der Waals surface area contributed by atoms with E-state index in [-0.39, 0.29) is 6.09 Å². The largest absolute Gasteiger partial charge is 0.444 e. The highest BCUT2D eigenvalue weighted by molar-refractivity contribution is 5.78. The Morgan fingerprint density at radius 3 is 2.33 bits per heavy atom. The van der Waals surface area contributed by atoms with Crippen molar-refractivity contribution in [1.29, 1.82) is 0 Å². The van der Waals surface area contributed by atoms with Crippen LogP contribution in [0.15, 0.2) is 23.3 Å². The van der Waals surface area contributed by atoms with E-state index in [1.165, 1.54) is 12.8 Å². The van der Waals surface area contributed by atoms with Crippen molar-refractivity contribution in [3.05, 3.63) is 23.9 Å². The molecule has 1 aromatic rings. The zero-order valence-corrected chi connectivity index (χ0v) is 18.8. The van der Waals surface area contributed by atoms with Crippen LogP contribution in [0.4, 0.5) is 10.6 Å². The number of carbonyl (C=O) groups excluding carboxylic acids is 1. The van der Waals surface area contributed by atoms with Crippen LogP contribution >= 0.6 is 0 Å². The number of amides is 1. The predicted molar refractivity (Wildman–Crippen MR) is 120 cm³/mol. The first-order valence-corrected chi connectivity index (χ1v) is 10.9. The van der Waals surface area contributed by atoms with Crippen LogP contribution in [-0.2, 0) is 11.3 Å². The van der Waals surface area contributed by atoms with Crippen molar-refractivity contribution >= 4 is 17.9 Å². The van der Waals surface area contributed by atoms with Crippen molar-refractivity contribution in [3.8, 4) is 0 Å². The molecule has 30 heavy (non-hydrogen) atoms. The number of hydrogen-bond acceptors (Lipinski definition) is 5. The van der Waals surface area contributed by atoms with Gasteiger partial charge in [-0.3, -0.25) is 0 Å². The highest BCUT2D eigenvalue weighted by Crippen LogP contribution is 2.21. The third-order valence-electron chi connectivity index (χ3n) is 5.60. The molecule has 0 saturated carbocycles. The molecule has 8 heteroatoms. The first kappa shape index (κ1) is 22.2. The van der Waals surface area contributed by atoms with Crippen LogP contribution in [0.1, 0.15) is 46.1 Å². The second-order valence-corrected chi connectivity index (χ2v) is 9.32. The number of nitrogens with two attached hydrogens (primary N) is 1. The van der Waals surface area contributed by atoms with Crippen molar-refractivity contribution < 1.29 is 9.53 Å². The average molecular weight is 417 g/mol. The summed E-state index contributed by atoms with van der Waals surface area (Å²) in [7, 11) is 0. The quantitative estimate of drug-likeness (QED) is 0.602. The molecular weight excluding hydrogens is 380 g/mol. The van der Waals surface area contributed by atoms with Gasteiger partial charge in [0, 0.05) is 45.5 Å². The van der Waals surface area contributed by atoms with Crippen LogP contribution < -0.4 is 10.6 Å². The molecule has 3 rings (SSSR count). The molecule has 1 aromatic heterocycles. The zero-order chi connectivity index (χ0) is 21.7. The molecule has 0 atom stereocenters. The topological polar surface area (TPSA) is 87.3 Å². The van der Waals surface area contributed by atoms with E-state index in [9.17, 15) is 4.79 Å². The van der Waals surface area contributed by atoms with Gasteiger partial charge in [0.05, 0.1) is 6.54 Å². The fourth-order valence-corrected chi connectivity index (χ4v) is 3.65. The van der Waals surface area contributed by atoms with Crippen LogP contribution in [0.5, 0.6) is 0 Å². The van der Waals surface area contributed by atoms with E-state index in [1.807, 2.05) is 31.9 Å². The molecule has 8 nitrogen and oxygen atoms in total. The second kappa shape index (κ2) is 9.53. The molecule has 3 heterocycles. The van der Waals surface area contributed by atoms with E-state index in [1.54, 1.807) is 4.90 Å². The fourth-order valence-electron chi connectivity index (χ4n) is 3.65. The maximum Gasteiger partial charge on any atom is 0.410 e. The number of hydrogen-bond donors (Lipinski definition) is 1. The summed E-state index contributed by atoms with van der Waals surface area (Å²) in [6.07, 6.45) is 4.08. The molecule has 0 aliphatic carbocycles. The van der Waals surface area contributed by atoms with Gasteiger partial charge in [0.1, 0.15) is 11.4 Å². The van der Waals surface area contributed by atoms with Gasteiger partial charge in [-0.1, -0.05) is 13.0 Å². The lowest BCUT2D eigenvalue weighted by atomic mass is 9.99. The minimum absolute atomic E-state index is 0.271. The van der Waals surface area contributed by atoms with Gasteiger partial charge in [-0.05, 0) is 51.2 Å². The molecule has 0 bridgehead atoms. The Kier molecular flexibility index (Phi) is 7.05. The summed E-state index contributed by atoms with van der Waals surface area (Å²) < 4.78 is 5.43. The van der Waals surface area contributed by atoms with Gasteiger partial charge in [-0.2, -0.15) is 0 Å². The Morgan fingerprint density at radius 2 is 1.77 bits per heavy atom. The van der Waals surface area contributed by atoms with Gasteiger partial charge < -0.3 is 25.2 Å². The first-order chi connectivity index (χ1) is 14.2. The molecule has 0 spiro atoms. The lowest BCUT2D eigenvalue weighted by molar-refractivity contribution is 0.0186. The number of pyridine rings is 1. The Labute approximate surface area is 180 Å². The predicted octanol–water partition coefficient (Wildman–Crippen LogP) is 2.69. The SMILES string of the molecule is CC1CCN(c2ccc(CN=C(N)N3CCN(C(=O)OC(C)(C)C)CC3)cn2)CC1. The number of guanidine groups is 1. The number of aromatic nitrogens is 1. The van der Waals surface area contributed by atoms with Gasteiger partial charge in [0.2, 0.25) is 0 Å². The van der Waals surface area contributed by atoms with Crippen molar-refractivity contribution in [2.24, 2.45) is 16.6 Å². The minimum atomic E-state index is -0.481. The summed E-state index contributed by atoms with van der Waals surface area (Å²) in [4.78, 5) is 27.4. The second-order valence-electron chi connectivity index (χ2n) is 9.32. The number of aliphatic imine (C=N–C) groups is 1. The molecule has 2 saturated heterocycles. The molecule has 0 aromatic carbocycles. The van der Waals surface area contributed by atoms with E-state index < -0.39 is 5.60 Å². The van der Waals surface area contributed by atoms with Gasteiger partial charge in [0.15, 0.2) is 5.96 Å². The summed E-state index contributed by atoms with van der Waals surface area (Å²) in [5, 5.41) is 0. The normalized spacial score (nSPS) is 19.2. The summed E-state index contributed by atoms with van der Waals surface area (Å²) in [6.45, 7) is 13.1. The van der Waals surface area contributed by atoms with Gasteiger partial charge in [-0.15, -0.1) is 0 Å². The van der Waals surface area contributed by atoms with Crippen molar-refractivity contribution in [3.63, 3.8) is 0 Å². The number of ether oxygens (including phenoxy) is 1. The van der Waals surface area contributed by atoms with Crippen LogP contribution in [0.3, 0.4) is 0 Å². The third kappa shape index (κ3) is 6.24. The standard InChI is InChI=1S/C22H36N6O2/c1-17-7-9-26(10-8-17)19-6-5-18(15-24-19)16-25-20(23)27-11-13-28(14-12-27)21(29)30-22(2,3)4/h5-6,15,17H,7-14,16H2,1-4H3,(H2,23,25). The molecule has 2 aliphatic rings. The number of anilines is 1. The Morgan fingerprint density at radius 1 is 1.13 bits per heavy atom. The van der Waals surface area contributed by atoms with E-state index in [0.29, 0.717) is 38.7 Å². The highest BCUT2D eigenvalue weighted by Gasteiger charge is 2.26. The number of piperidine rings is 1. The molecular formula is C22H36N6O2. The molecule has 2 aliphatic heterocycles. The third-order valence-corrected chi connectivity index (χ3v) is 5.60. The Balaban J connectivity index is 1.47. The lowest BCUT2D eigenvalue weighted by Crippen LogP contribution is -2.53. The lowest BCUT2D eigenvalue weighted by Gasteiger charge is -2.36. The highest BCUT2D eigenvalue weighted by atomic mass is 16.6. The van der Waals surface area contributed by atoms with Crippen molar-refractivity contribution in [2.75, 3.05) is 44.2 Å². The van der Waals surface area contributed by atoms with Gasteiger partial charge in [-0.25, -0.2) is 14.8 Å². The van der Waals surface area contributed by atoms with Gasteiger partial charge >= 0.3 is 6.09 Å². The Hall–Kier alpha value is -2.51. The zero-order valence-electron chi connectivity index (χ0n) is 18.8. The number of piperazine rings is 1. The monoisotopic (exact) mass is 416 g/mol. The van der Waals surface area contributed by atoms with Gasteiger partial charge in [0.25, 0.3) is 0 Å². The minimum Gasteiger partial charge on any atom is -0.444 e. The smallest absolute Gasteiger partial charge is 0.410 e. The van der Waals surface area contributed by atoms with E-state index in [0.717, 1.165) is 30.4 Å². The molecule has 2 N–H and O–H groups in total. The summed E-state index contributed by atoms with van der Waals surface area (Å²) in [5.41, 5.74) is 6.75. The fraction of sp³-hybridized carbons (Fsp3) is 0.682. The number of carbonyl (C=O) groups is 1.